The quantitative estimate of drug-likeness (QED) is 0.635. The van der Waals surface area contributed by atoms with Crippen molar-refractivity contribution in [1.29, 1.82) is 5.41 Å². The molecule has 2 aromatic carbocycles. The molecule has 0 amide bonds. The van der Waals surface area contributed by atoms with Gasteiger partial charge in [-0.2, -0.15) is 0 Å². The highest BCUT2D eigenvalue weighted by Gasteiger charge is 2.28. The Bertz CT molecular complexity index is 840. The average Bonchev–Trinajstić information content (AvgIpc) is 3.07. The van der Waals surface area contributed by atoms with Crippen LogP contribution in [0.25, 0.3) is 10.8 Å². The van der Waals surface area contributed by atoms with Crippen LogP contribution in [0.15, 0.2) is 59.7 Å². The molecule has 1 saturated carbocycles. The maximum atomic E-state index is 7.88. The van der Waals surface area contributed by atoms with Gasteiger partial charge < -0.3 is 5.41 Å². The SMILES string of the molecule is CC1=CCC(C2CCCC(c3c(C=N)ccc4ccccc34)C2)=C1. The molecule has 2 aliphatic rings. The van der Waals surface area contributed by atoms with E-state index in [0.29, 0.717) is 5.92 Å². The molecule has 0 saturated heterocycles. The fourth-order valence-corrected chi connectivity index (χ4v) is 4.66. The topological polar surface area (TPSA) is 23.9 Å². The van der Waals surface area contributed by atoms with E-state index in [-0.39, 0.29) is 0 Å². The highest BCUT2D eigenvalue weighted by molar-refractivity contribution is 5.94. The third-order valence-electron chi connectivity index (χ3n) is 5.84. The van der Waals surface area contributed by atoms with Crippen LogP contribution in [-0.4, -0.2) is 6.21 Å². The first-order valence-corrected chi connectivity index (χ1v) is 9.15. The van der Waals surface area contributed by atoms with Gasteiger partial charge in [-0.15, -0.1) is 0 Å². The van der Waals surface area contributed by atoms with Crippen LogP contribution < -0.4 is 0 Å². The fraction of sp³-hybridized carbons (Fsp3) is 0.348. The molecule has 0 heterocycles. The van der Waals surface area contributed by atoms with Crippen LogP contribution in [0.3, 0.4) is 0 Å². The maximum Gasteiger partial charge on any atom is 0.0253 e. The molecule has 2 atom stereocenters. The summed E-state index contributed by atoms with van der Waals surface area (Å²) in [7, 11) is 0. The Labute approximate surface area is 144 Å². The monoisotopic (exact) mass is 315 g/mol. The lowest BCUT2D eigenvalue weighted by Gasteiger charge is -2.32. The third-order valence-corrected chi connectivity index (χ3v) is 5.84. The molecule has 1 nitrogen and oxygen atoms in total. The van der Waals surface area contributed by atoms with Crippen LogP contribution in [0.4, 0.5) is 0 Å². The Kier molecular flexibility index (Phi) is 4.10. The maximum absolute atomic E-state index is 7.88. The Balaban J connectivity index is 1.71. The zero-order valence-corrected chi connectivity index (χ0v) is 14.4. The molecule has 2 aliphatic carbocycles. The van der Waals surface area contributed by atoms with Crippen molar-refractivity contribution in [2.45, 2.75) is 44.9 Å². The number of benzene rings is 2. The number of nitrogens with one attached hydrogen (secondary N) is 1. The molecular formula is C23H25N. The smallest absolute Gasteiger partial charge is 0.0253 e. The van der Waals surface area contributed by atoms with Crippen molar-refractivity contribution in [1.82, 2.24) is 0 Å². The standard InChI is InChI=1S/C23H25N/c1-16-9-10-19(13-16)18-6-4-7-20(14-18)23-21(15-24)12-11-17-5-2-3-8-22(17)23/h2-3,5,8-9,11-13,15,18,20,24H,4,6-7,10,14H2,1H3. The van der Waals surface area contributed by atoms with Gasteiger partial charge in [-0.3, -0.25) is 0 Å². The minimum Gasteiger partial charge on any atom is -0.308 e. The average molecular weight is 315 g/mol. The van der Waals surface area contributed by atoms with Crippen LogP contribution >= 0.6 is 0 Å². The van der Waals surface area contributed by atoms with Gasteiger partial charge in [0.05, 0.1) is 0 Å². The lowest BCUT2D eigenvalue weighted by molar-refractivity contribution is 0.358. The van der Waals surface area contributed by atoms with Gasteiger partial charge in [0.25, 0.3) is 0 Å². The first-order valence-electron chi connectivity index (χ1n) is 9.15. The third kappa shape index (κ3) is 2.73. The summed E-state index contributed by atoms with van der Waals surface area (Å²) in [5, 5.41) is 10.5. The molecule has 24 heavy (non-hydrogen) atoms. The number of hydrogen-bond donors (Lipinski definition) is 1. The summed E-state index contributed by atoms with van der Waals surface area (Å²) in [4.78, 5) is 0. The number of hydrogen-bond acceptors (Lipinski definition) is 1. The Morgan fingerprint density at radius 2 is 1.88 bits per heavy atom. The largest absolute Gasteiger partial charge is 0.308 e. The second kappa shape index (κ2) is 6.39. The molecule has 2 unspecified atom stereocenters. The predicted molar refractivity (Wildman–Crippen MR) is 103 cm³/mol. The van der Waals surface area contributed by atoms with E-state index in [1.165, 1.54) is 47.6 Å². The van der Waals surface area contributed by atoms with Gasteiger partial charge >= 0.3 is 0 Å². The molecule has 1 heteroatoms. The summed E-state index contributed by atoms with van der Waals surface area (Å²) >= 11 is 0. The second-order valence-electron chi connectivity index (χ2n) is 7.37. The van der Waals surface area contributed by atoms with E-state index in [0.717, 1.165) is 17.9 Å². The zero-order chi connectivity index (χ0) is 16.5. The van der Waals surface area contributed by atoms with Gasteiger partial charge in [-0.1, -0.05) is 66.1 Å². The van der Waals surface area contributed by atoms with E-state index in [1.807, 2.05) is 0 Å². The molecule has 122 valence electrons. The van der Waals surface area contributed by atoms with Crippen molar-refractivity contribution in [2.24, 2.45) is 5.92 Å². The van der Waals surface area contributed by atoms with E-state index in [1.54, 1.807) is 11.8 Å². The predicted octanol–water partition coefficient (Wildman–Crippen LogP) is 6.39. The van der Waals surface area contributed by atoms with Crippen molar-refractivity contribution in [2.75, 3.05) is 0 Å². The summed E-state index contributed by atoms with van der Waals surface area (Å²) in [5.74, 6) is 1.29. The summed E-state index contributed by atoms with van der Waals surface area (Å²) in [5.41, 5.74) is 5.58. The summed E-state index contributed by atoms with van der Waals surface area (Å²) < 4.78 is 0. The fourth-order valence-electron chi connectivity index (χ4n) is 4.66. The highest BCUT2D eigenvalue weighted by atomic mass is 14.4. The minimum atomic E-state index is 0.577. The Morgan fingerprint density at radius 1 is 1.04 bits per heavy atom. The van der Waals surface area contributed by atoms with Crippen molar-refractivity contribution >= 4 is 17.0 Å². The van der Waals surface area contributed by atoms with Gasteiger partial charge in [0, 0.05) is 6.21 Å². The van der Waals surface area contributed by atoms with Crippen LogP contribution in [0.2, 0.25) is 0 Å². The van der Waals surface area contributed by atoms with E-state index >= 15 is 0 Å². The first kappa shape index (κ1) is 15.4. The lowest BCUT2D eigenvalue weighted by atomic mass is 9.73. The van der Waals surface area contributed by atoms with Gasteiger partial charge in [0.15, 0.2) is 0 Å². The van der Waals surface area contributed by atoms with Crippen molar-refractivity contribution in [3.63, 3.8) is 0 Å². The molecule has 0 bridgehead atoms. The van der Waals surface area contributed by atoms with E-state index in [2.05, 4.69) is 55.5 Å². The Morgan fingerprint density at radius 3 is 2.67 bits per heavy atom. The molecule has 0 aliphatic heterocycles. The van der Waals surface area contributed by atoms with Gasteiger partial charge in [0.1, 0.15) is 0 Å². The molecular weight excluding hydrogens is 290 g/mol. The normalized spacial score (nSPS) is 23.9. The van der Waals surface area contributed by atoms with E-state index < -0.39 is 0 Å². The van der Waals surface area contributed by atoms with Crippen LogP contribution in [0, 0.1) is 11.3 Å². The zero-order valence-electron chi connectivity index (χ0n) is 14.4. The number of rotatable bonds is 3. The van der Waals surface area contributed by atoms with Gasteiger partial charge in [-0.05, 0) is 66.3 Å². The summed E-state index contributed by atoms with van der Waals surface area (Å²) in [6, 6.07) is 13.0. The Hall–Kier alpha value is -2.15. The van der Waals surface area contributed by atoms with E-state index in [4.69, 9.17) is 5.41 Å². The minimum absolute atomic E-state index is 0.577. The van der Waals surface area contributed by atoms with E-state index in [9.17, 15) is 0 Å². The molecule has 0 spiro atoms. The molecule has 1 N–H and O–H groups in total. The van der Waals surface area contributed by atoms with Crippen LogP contribution in [0.5, 0.6) is 0 Å². The molecule has 2 aromatic rings. The first-order chi connectivity index (χ1) is 11.8. The number of allylic oxidation sites excluding steroid dienone is 4. The van der Waals surface area contributed by atoms with Crippen molar-refractivity contribution in [3.8, 4) is 0 Å². The second-order valence-corrected chi connectivity index (χ2v) is 7.37. The van der Waals surface area contributed by atoms with Gasteiger partial charge in [0.2, 0.25) is 0 Å². The number of fused-ring (bicyclic) bond motifs is 1. The summed E-state index contributed by atoms with van der Waals surface area (Å²) in [6.07, 6.45) is 12.6. The molecule has 0 radical (unpaired) electrons. The molecule has 0 aromatic heterocycles. The van der Waals surface area contributed by atoms with Crippen molar-refractivity contribution in [3.05, 3.63) is 70.8 Å². The van der Waals surface area contributed by atoms with Gasteiger partial charge in [-0.25, -0.2) is 0 Å². The summed E-state index contributed by atoms with van der Waals surface area (Å²) in [6.45, 7) is 2.21. The van der Waals surface area contributed by atoms with Crippen LogP contribution in [0.1, 0.15) is 56.1 Å². The van der Waals surface area contributed by atoms with Crippen molar-refractivity contribution < 1.29 is 0 Å². The van der Waals surface area contributed by atoms with Crippen LogP contribution in [-0.2, 0) is 0 Å². The molecule has 4 rings (SSSR count). The highest BCUT2D eigenvalue weighted by Crippen LogP contribution is 2.44. The molecule has 1 fully saturated rings. The lowest BCUT2D eigenvalue weighted by Crippen LogP contribution is -2.17.